The molecule has 0 aliphatic rings. The second kappa shape index (κ2) is 7.81. The van der Waals surface area contributed by atoms with Crippen molar-refractivity contribution in [2.75, 3.05) is 12.4 Å². The normalized spacial score (nSPS) is 10.6. The lowest BCUT2D eigenvalue weighted by atomic mass is 10.2. The average Bonchev–Trinajstić information content (AvgIpc) is 3.25. The number of anilines is 1. The number of hydrogen-bond donors (Lipinski definition) is 2. The fraction of sp³-hybridized carbons (Fsp3) is 0.278. The van der Waals surface area contributed by atoms with Gasteiger partial charge in [-0.3, -0.25) is 14.3 Å². The molecule has 0 spiro atoms. The topological polar surface area (TPSA) is 115 Å². The number of benzene rings is 1. The number of nitrogens with zero attached hydrogens (tertiary/aromatic N) is 4. The molecular weight excluding hydrogens is 348 g/mol. The minimum absolute atomic E-state index is 0.177. The molecule has 0 atom stereocenters. The summed E-state index contributed by atoms with van der Waals surface area (Å²) in [5.41, 5.74) is 2.60. The minimum atomic E-state index is -0.213. The first-order chi connectivity index (χ1) is 13.0. The summed E-state index contributed by atoms with van der Waals surface area (Å²) < 4.78 is 7.28. The standard InChI is InChI=1S/C18H20N6O3/c1-11-9-14(24(3)23-11)18-22-21-16(27-18)8-7-15(25)20-13-6-4-5-12(10-13)17(26)19-2/h4-6,9-10H,7-8H2,1-3H3,(H,19,26)(H,20,25). The van der Waals surface area contributed by atoms with Crippen molar-refractivity contribution < 1.29 is 14.0 Å². The number of aromatic nitrogens is 4. The summed E-state index contributed by atoms with van der Waals surface area (Å²) >= 11 is 0. The van der Waals surface area contributed by atoms with Gasteiger partial charge >= 0.3 is 0 Å². The van der Waals surface area contributed by atoms with Crippen LogP contribution in [0.4, 0.5) is 5.69 Å². The molecule has 3 aromatic rings. The van der Waals surface area contributed by atoms with Gasteiger partial charge in [0.25, 0.3) is 11.8 Å². The lowest BCUT2D eigenvalue weighted by Gasteiger charge is -2.06. The Kier molecular flexibility index (Phi) is 5.30. The van der Waals surface area contributed by atoms with Crippen LogP contribution in [-0.4, -0.2) is 38.8 Å². The van der Waals surface area contributed by atoms with Crippen LogP contribution < -0.4 is 10.6 Å². The van der Waals surface area contributed by atoms with Crippen LogP contribution in [0, 0.1) is 6.92 Å². The van der Waals surface area contributed by atoms with Crippen LogP contribution >= 0.6 is 0 Å². The third-order valence-electron chi connectivity index (χ3n) is 3.89. The quantitative estimate of drug-likeness (QED) is 0.684. The summed E-state index contributed by atoms with van der Waals surface area (Å²) in [5.74, 6) is 0.319. The van der Waals surface area contributed by atoms with Crippen LogP contribution in [-0.2, 0) is 18.3 Å². The van der Waals surface area contributed by atoms with Crippen molar-refractivity contribution in [2.24, 2.45) is 7.05 Å². The molecule has 3 rings (SSSR count). The van der Waals surface area contributed by atoms with E-state index < -0.39 is 0 Å². The molecular formula is C18H20N6O3. The smallest absolute Gasteiger partial charge is 0.265 e. The van der Waals surface area contributed by atoms with Gasteiger partial charge in [0.1, 0.15) is 5.69 Å². The molecule has 0 fully saturated rings. The maximum atomic E-state index is 12.2. The van der Waals surface area contributed by atoms with E-state index in [2.05, 4.69) is 25.9 Å². The average molecular weight is 368 g/mol. The number of hydrogen-bond acceptors (Lipinski definition) is 6. The van der Waals surface area contributed by atoms with Crippen molar-refractivity contribution in [1.82, 2.24) is 25.3 Å². The molecule has 0 saturated carbocycles. The fourth-order valence-corrected chi connectivity index (χ4v) is 2.60. The van der Waals surface area contributed by atoms with Crippen LogP contribution in [0.2, 0.25) is 0 Å². The Hall–Kier alpha value is -3.49. The Labute approximate surface area is 155 Å². The van der Waals surface area contributed by atoms with E-state index in [9.17, 15) is 9.59 Å². The summed E-state index contributed by atoms with van der Waals surface area (Å²) in [6.07, 6.45) is 0.487. The van der Waals surface area contributed by atoms with Crippen molar-refractivity contribution in [3.8, 4) is 11.6 Å². The molecule has 0 radical (unpaired) electrons. The van der Waals surface area contributed by atoms with Gasteiger partial charge in [0, 0.05) is 38.2 Å². The highest BCUT2D eigenvalue weighted by Gasteiger charge is 2.14. The molecule has 2 N–H and O–H groups in total. The number of nitrogens with one attached hydrogen (secondary N) is 2. The zero-order valence-corrected chi connectivity index (χ0v) is 15.3. The van der Waals surface area contributed by atoms with Crippen LogP contribution in [0.1, 0.15) is 28.4 Å². The number of rotatable bonds is 6. The van der Waals surface area contributed by atoms with Gasteiger partial charge in [-0.25, -0.2) is 0 Å². The Morgan fingerprint density at radius 1 is 1.22 bits per heavy atom. The monoisotopic (exact) mass is 368 g/mol. The zero-order chi connectivity index (χ0) is 19.4. The highest BCUT2D eigenvalue weighted by atomic mass is 16.4. The van der Waals surface area contributed by atoms with Gasteiger partial charge < -0.3 is 15.1 Å². The molecule has 0 unspecified atom stereocenters. The van der Waals surface area contributed by atoms with E-state index in [0.717, 1.165) is 11.4 Å². The van der Waals surface area contributed by atoms with Crippen LogP contribution in [0.15, 0.2) is 34.7 Å². The molecule has 2 heterocycles. The lowest BCUT2D eigenvalue weighted by Crippen LogP contribution is -2.18. The molecule has 0 aliphatic heterocycles. The first kappa shape index (κ1) is 18.3. The predicted molar refractivity (Wildman–Crippen MR) is 98.0 cm³/mol. The lowest BCUT2D eigenvalue weighted by molar-refractivity contribution is -0.116. The van der Waals surface area contributed by atoms with Gasteiger partial charge in [0.2, 0.25) is 11.8 Å². The highest BCUT2D eigenvalue weighted by molar-refractivity contribution is 5.97. The highest BCUT2D eigenvalue weighted by Crippen LogP contribution is 2.19. The molecule has 140 valence electrons. The van der Waals surface area contributed by atoms with Gasteiger partial charge in [-0.15, -0.1) is 10.2 Å². The number of amides is 2. The summed E-state index contributed by atoms with van der Waals surface area (Å²) in [6.45, 7) is 1.88. The van der Waals surface area contributed by atoms with Gasteiger partial charge in [-0.05, 0) is 31.2 Å². The minimum Gasteiger partial charge on any atom is -0.419 e. The van der Waals surface area contributed by atoms with E-state index in [-0.39, 0.29) is 18.2 Å². The molecule has 1 aromatic carbocycles. The Balaban J connectivity index is 1.58. The van der Waals surface area contributed by atoms with Crippen molar-refractivity contribution in [3.05, 3.63) is 47.5 Å². The first-order valence-corrected chi connectivity index (χ1v) is 8.41. The maximum absolute atomic E-state index is 12.2. The van der Waals surface area contributed by atoms with E-state index in [0.29, 0.717) is 29.5 Å². The second-order valence-corrected chi connectivity index (χ2v) is 6.00. The summed E-state index contributed by atoms with van der Waals surface area (Å²) in [7, 11) is 3.35. The molecule has 27 heavy (non-hydrogen) atoms. The van der Waals surface area contributed by atoms with Gasteiger partial charge in [0.05, 0.1) is 5.69 Å². The van der Waals surface area contributed by atoms with E-state index in [4.69, 9.17) is 4.42 Å². The molecule has 9 heteroatoms. The SMILES string of the molecule is CNC(=O)c1cccc(NC(=O)CCc2nnc(-c3cc(C)nn3C)o2)c1. The summed E-state index contributed by atoms with van der Waals surface area (Å²) in [4.78, 5) is 23.8. The van der Waals surface area contributed by atoms with E-state index >= 15 is 0 Å². The van der Waals surface area contributed by atoms with Crippen LogP contribution in [0.25, 0.3) is 11.6 Å². The largest absolute Gasteiger partial charge is 0.419 e. The number of carbonyl (C=O) groups excluding carboxylic acids is 2. The maximum Gasteiger partial charge on any atom is 0.265 e. The second-order valence-electron chi connectivity index (χ2n) is 6.00. The Morgan fingerprint density at radius 2 is 2.04 bits per heavy atom. The van der Waals surface area contributed by atoms with Gasteiger partial charge in [0.15, 0.2) is 0 Å². The van der Waals surface area contributed by atoms with Gasteiger partial charge in [-0.2, -0.15) is 5.10 Å². The Bertz CT molecular complexity index is 975. The van der Waals surface area contributed by atoms with Crippen molar-refractivity contribution >= 4 is 17.5 Å². The number of carbonyl (C=O) groups is 2. The Morgan fingerprint density at radius 3 is 2.74 bits per heavy atom. The summed E-state index contributed by atoms with van der Waals surface area (Å²) in [5, 5.41) is 17.5. The van der Waals surface area contributed by atoms with Gasteiger partial charge in [-0.1, -0.05) is 6.07 Å². The molecule has 2 aromatic heterocycles. The third-order valence-corrected chi connectivity index (χ3v) is 3.89. The molecule has 2 amide bonds. The predicted octanol–water partition coefficient (Wildman–Crippen LogP) is 1.71. The summed E-state index contributed by atoms with van der Waals surface area (Å²) in [6, 6.07) is 8.57. The molecule has 0 saturated heterocycles. The first-order valence-electron chi connectivity index (χ1n) is 8.41. The van der Waals surface area contributed by atoms with Crippen LogP contribution in [0.5, 0.6) is 0 Å². The van der Waals surface area contributed by atoms with Crippen LogP contribution in [0.3, 0.4) is 0 Å². The van der Waals surface area contributed by atoms with E-state index in [1.165, 1.54) is 0 Å². The van der Waals surface area contributed by atoms with Crippen molar-refractivity contribution in [3.63, 3.8) is 0 Å². The number of aryl methyl sites for hydroxylation is 3. The molecule has 0 bridgehead atoms. The third kappa shape index (κ3) is 4.38. The fourth-order valence-electron chi connectivity index (χ4n) is 2.60. The van der Waals surface area contributed by atoms with E-state index in [1.54, 1.807) is 43.0 Å². The van der Waals surface area contributed by atoms with E-state index in [1.807, 2.05) is 13.0 Å². The van der Waals surface area contributed by atoms with Crippen molar-refractivity contribution in [1.29, 1.82) is 0 Å². The molecule has 9 nitrogen and oxygen atoms in total. The van der Waals surface area contributed by atoms with Crippen molar-refractivity contribution in [2.45, 2.75) is 19.8 Å². The zero-order valence-electron chi connectivity index (χ0n) is 15.3. The molecule has 0 aliphatic carbocycles.